The topological polar surface area (TPSA) is 59.8 Å². The van der Waals surface area contributed by atoms with Gasteiger partial charge in [0.05, 0.1) is 0 Å². The van der Waals surface area contributed by atoms with E-state index in [1.54, 1.807) is 6.20 Å². The summed E-state index contributed by atoms with van der Waals surface area (Å²) in [6.45, 7) is 2.89. The van der Waals surface area contributed by atoms with Crippen LogP contribution >= 0.6 is 0 Å². The second-order valence-electron chi connectivity index (χ2n) is 5.22. The Kier molecular flexibility index (Phi) is 4.50. The van der Waals surface area contributed by atoms with E-state index in [4.69, 9.17) is 0 Å². The summed E-state index contributed by atoms with van der Waals surface area (Å²) >= 11 is 0. The molecule has 1 N–H and O–H groups in total. The number of pyridine rings is 1. The van der Waals surface area contributed by atoms with Gasteiger partial charge in [0.15, 0.2) is 5.65 Å². The Balaban J connectivity index is 1.72. The second kappa shape index (κ2) is 6.74. The minimum atomic E-state index is -0.877. The van der Waals surface area contributed by atoms with Gasteiger partial charge >= 0.3 is 0 Å². The Morgan fingerprint density at radius 3 is 2.67 bits per heavy atom. The predicted molar refractivity (Wildman–Crippen MR) is 85.6 cm³/mol. The summed E-state index contributed by atoms with van der Waals surface area (Å²) in [5.74, 6) is -1.77. The lowest BCUT2D eigenvalue weighted by atomic mass is 10.2. The zero-order valence-electron chi connectivity index (χ0n) is 13.1. The SMILES string of the molecule is CCn1c(CCNC(=O)c2c(F)cccc2F)nc2cccnc21. The lowest BCUT2D eigenvalue weighted by molar-refractivity contribution is 0.0945. The number of benzene rings is 1. The highest BCUT2D eigenvalue weighted by molar-refractivity contribution is 5.94. The maximum atomic E-state index is 13.6. The number of halogens is 2. The number of nitrogens with one attached hydrogen (secondary N) is 1. The van der Waals surface area contributed by atoms with E-state index < -0.39 is 23.1 Å². The summed E-state index contributed by atoms with van der Waals surface area (Å²) in [7, 11) is 0. The van der Waals surface area contributed by atoms with Gasteiger partial charge in [0.25, 0.3) is 5.91 Å². The highest BCUT2D eigenvalue weighted by atomic mass is 19.1. The Bertz CT molecular complexity index is 871. The molecular weight excluding hydrogens is 314 g/mol. The van der Waals surface area contributed by atoms with E-state index in [2.05, 4.69) is 15.3 Å². The van der Waals surface area contributed by atoms with E-state index in [1.807, 2.05) is 23.6 Å². The van der Waals surface area contributed by atoms with E-state index in [-0.39, 0.29) is 6.54 Å². The first kappa shape index (κ1) is 16.0. The van der Waals surface area contributed by atoms with Crippen molar-refractivity contribution >= 4 is 17.1 Å². The molecule has 124 valence electrons. The molecule has 5 nitrogen and oxygen atoms in total. The van der Waals surface area contributed by atoms with Gasteiger partial charge in [-0.3, -0.25) is 4.79 Å². The van der Waals surface area contributed by atoms with Crippen LogP contribution in [0, 0.1) is 11.6 Å². The average molecular weight is 330 g/mol. The first-order valence-electron chi connectivity index (χ1n) is 7.64. The molecule has 0 bridgehead atoms. The molecule has 0 radical (unpaired) electrons. The molecule has 2 heterocycles. The second-order valence-corrected chi connectivity index (χ2v) is 5.22. The van der Waals surface area contributed by atoms with Gasteiger partial charge < -0.3 is 9.88 Å². The summed E-state index contributed by atoms with van der Waals surface area (Å²) in [6, 6.07) is 7.01. The summed E-state index contributed by atoms with van der Waals surface area (Å²) in [5.41, 5.74) is 0.991. The quantitative estimate of drug-likeness (QED) is 0.782. The maximum Gasteiger partial charge on any atom is 0.257 e. The van der Waals surface area contributed by atoms with Crippen molar-refractivity contribution in [3.05, 3.63) is 59.6 Å². The summed E-state index contributed by atoms with van der Waals surface area (Å²) in [5, 5.41) is 2.53. The average Bonchev–Trinajstić information content (AvgIpc) is 2.92. The van der Waals surface area contributed by atoms with Gasteiger partial charge in [0.2, 0.25) is 0 Å². The number of aryl methyl sites for hydroxylation is 1. The fourth-order valence-corrected chi connectivity index (χ4v) is 2.62. The van der Waals surface area contributed by atoms with Crippen LogP contribution < -0.4 is 5.32 Å². The van der Waals surface area contributed by atoms with Crippen molar-refractivity contribution < 1.29 is 13.6 Å². The first-order chi connectivity index (χ1) is 11.6. The van der Waals surface area contributed by atoms with Crippen LogP contribution in [0.15, 0.2) is 36.5 Å². The number of carbonyl (C=O) groups excluding carboxylic acids is 1. The molecule has 1 aromatic carbocycles. The van der Waals surface area contributed by atoms with E-state index in [0.717, 1.165) is 29.1 Å². The maximum absolute atomic E-state index is 13.6. The Morgan fingerprint density at radius 2 is 1.96 bits per heavy atom. The molecule has 3 aromatic rings. The highest BCUT2D eigenvalue weighted by Gasteiger charge is 2.17. The first-order valence-corrected chi connectivity index (χ1v) is 7.64. The summed E-state index contributed by atoms with van der Waals surface area (Å²) in [4.78, 5) is 20.8. The molecule has 0 saturated heterocycles. The number of imidazole rings is 1. The van der Waals surface area contributed by atoms with Crippen molar-refractivity contribution in [1.29, 1.82) is 0 Å². The van der Waals surface area contributed by atoms with E-state index in [0.29, 0.717) is 13.0 Å². The number of hydrogen-bond acceptors (Lipinski definition) is 3. The normalized spacial score (nSPS) is 11.0. The Labute approximate surface area is 137 Å². The number of aromatic nitrogens is 3. The third kappa shape index (κ3) is 2.97. The molecule has 24 heavy (non-hydrogen) atoms. The molecule has 0 saturated carbocycles. The van der Waals surface area contributed by atoms with Crippen LogP contribution in [0.1, 0.15) is 23.1 Å². The van der Waals surface area contributed by atoms with Gasteiger partial charge in [-0.25, -0.2) is 18.7 Å². The largest absolute Gasteiger partial charge is 0.351 e. The standard InChI is InChI=1S/C17H16F2N4O/c1-2-23-14(22-13-7-4-9-20-16(13)23)8-10-21-17(24)15-11(18)5-3-6-12(15)19/h3-7,9H,2,8,10H2,1H3,(H,21,24). The van der Waals surface area contributed by atoms with Crippen molar-refractivity contribution in [2.24, 2.45) is 0 Å². The van der Waals surface area contributed by atoms with E-state index >= 15 is 0 Å². The number of amides is 1. The predicted octanol–water partition coefficient (Wildman–Crippen LogP) is 2.70. The molecule has 0 spiro atoms. The van der Waals surface area contributed by atoms with Crippen LogP contribution in [0.5, 0.6) is 0 Å². The summed E-state index contributed by atoms with van der Waals surface area (Å²) < 4.78 is 29.1. The van der Waals surface area contributed by atoms with Gasteiger partial charge in [0.1, 0.15) is 28.5 Å². The zero-order chi connectivity index (χ0) is 17.1. The lowest BCUT2D eigenvalue weighted by Gasteiger charge is -2.08. The van der Waals surface area contributed by atoms with E-state index in [9.17, 15) is 13.6 Å². The molecular formula is C17H16F2N4O. The molecule has 0 unspecified atom stereocenters. The van der Waals surface area contributed by atoms with Gasteiger partial charge in [-0.2, -0.15) is 0 Å². The molecule has 0 aliphatic carbocycles. The number of nitrogens with zero attached hydrogens (tertiary/aromatic N) is 3. The lowest BCUT2D eigenvalue weighted by Crippen LogP contribution is -2.28. The molecule has 7 heteroatoms. The van der Waals surface area contributed by atoms with Crippen LogP contribution in [0.25, 0.3) is 11.2 Å². The molecule has 2 aromatic heterocycles. The van der Waals surface area contributed by atoms with Crippen molar-refractivity contribution in [3.8, 4) is 0 Å². The molecule has 1 amide bonds. The van der Waals surface area contributed by atoms with Crippen LogP contribution in [0.3, 0.4) is 0 Å². The minimum absolute atomic E-state index is 0.218. The van der Waals surface area contributed by atoms with E-state index in [1.165, 1.54) is 6.07 Å². The van der Waals surface area contributed by atoms with Gasteiger partial charge in [0, 0.05) is 25.7 Å². The number of fused-ring (bicyclic) bond motifs is 1. The van der Waals surface area contributed by atoms with Crippen molar-refractivity contribution in [2.45, 2.75) is 19.9 Å². The molecule has 0 fully saturated rings. The van der Waals surface area contributed by atoms with Crippen LogP contribution in [-0.4, -0.2) is 27.0 Å². The fourth-order valence-electron chi connectivity index (χ4n) is 2.62. The van der Waals surface area contributed by atoms with Crippen molar-refractivity contribution in [2.75, 3.05) is 6.54 Å². The number of rotatable bonds is 5. The van der Waals surface area contributed by atoms with Gasteiger partial charge in [-0.05, 0) is 31.2 Å². The van der Waals surface area contributed by atoms with Crippen LogP contribution in [0.4, 0.5) is 8.78 Å². The highest BCUT2D eigenvalue weighted by Crippen LogP contribution is 2.14. The fraction of sp³-hybridized carbons (Fsp3) is 0.235. The minimum Gasteiger partial charge on any atom is -0.351 e. The molecule has 0 atom stereocenters. The Hall–Kier alpha value is -2.83. The van der Waals surface area contributed by atoms with Crippen LogP contribution in [-0.2, 0) is 13.0 Å². The number of carbonyl (C=O) groups is 1. The van der Waals surface area contributed by atoms with Gasteiger partial charge in [-0.1, -0.05) is 6.07 Å². The monoisotopic (exact) mass is 330 g/mol. The van der Waals surface area contributed by atoms with Crippen LogP contribution in [0.2, 0.25) is 0 Å². The third-order valence-electron chi connectivity index (χ3n) is 3.72. The molecule has 3 rings (SSSR count). The summed E-state index contributed by atoms with van der Waals surface area (Å²) in [6.07, 6.45) is 2.13. The molecule has 0 aliphatic rings. The third-order valence-corrected chi connectivity index (χ3v) is 3.72. The number of hydrogen-bond donors (Lipinski definition) is 1. The van der Waals surface area contributed by atoms with Crippen molar-refractivity contribution in [3.63, 3.8) is 0 Å². The molecule has 0 aliphatic heterocycles. The Morgan fingerprint density at radius 1 is 1.21 bits per heavy atom. The smallest absolute Gasteiger partial charge is 0.257 e. The van der Waals surface area contributed by atoms with Gasteiger partial charge in [-0.15, -0.1) is 0 Å². The zero-order valence-corrected chi connectivity index (χ0v) is 13.1. The van der Waals surface area contributed by atoms with Crippen molar-refractivity contribution in [1.82, 2.24) is 19.9 Å².